The van der Waals surface area contributed by atoms with Gasteiger partial charge in [-0.25, -0.2) is 22.2 Å². The molecule has 9 heteroatoms. The van der Waals surface area contributed by atoms with Crippen molar-refractivity contribution in [2.75, 3.05) is 4.72 Å². The molecule has 0 amide bonds. The van der Waals surface area contributed by atoms with Crippen LogP contribution in [0.2, 0.25) is 4.47 Å². The largest absolute Gasteiger partial charge is 0.276 e. The Hall–Kier alpha value is -1.25. The second-order valence-electron chi connectivity index (χ2n) is 3.62. The molecule has 0 saturated carbocycles. The number of nitrogens with one attached hydrogen (secondary N) is 1. The van der Waals surface area contributed by atoms with Gasteiger partial charge in [-0.15, -0.1) is 0 Å². The van der Waals surface area contributed by atoms with Gasteiger partial charge in [-0.1, -0.05) is 22.9 Å². The predicted molar refractivity (Wildman–Crippen MR) is 69.0 cm³/mol. The zero-order valence-corrected chi connectivity index (χ0v) is 11.8. The summed E-state index contributed by atoms with van der Waals surface area (Å²) in [6.07, 6.45) is 1.04. The van der Waals surface area contributed by atoms with Crippen LogP contribution in [-0.2, 0) is 10.0 Å². The van der Waals surface area contributed by atoms with Crippen molar-refractivity contribution in [3.8, 4) is 0 Å². The van der Waals surface area contributed by atoms with E-state index in [1.807, 2.05) is 4.72 Å². The van der Waals surface area contributed by atoms with Crippen LogP contribution in [0.25, 0.3) is 0 Å². The maximum atomic E-state index is 13.5. The molecule has 0 aliphatic heterocycles. The van der Waals surface area contributed by atoms with E-state index in [9.17, 15) is 17.2 Å². The summed E-state index contributed by atoms with van der Waals surface area (Å²) in [6, 6.07) is 1.69. The van der Waals surface area contributed by atoms with Crippen LogP contribution in [0.4, 0.5) is 14.5 Å². The quantitative estimate of drug-likeness (QED) is 0.943. The number of halogens is 3. The van der Waals surface area contributed by atoms with Crippen molar-refractivity contribution in [3.05, 3.63) is 40.0 Å². The monoisotopic (exact) mass is 324 g/mol. The molecule has 1 N–H and O–H groups in total. The summed E-state index contributed by atoms with van der Waals surface area (Å²) in [4.78, 5) is 3.58. The van der Waals surface area contributed by atoms with E-state index >= 15 is 0 Å². The molecule has 2 aromatic rings. The highest BCUT2D eigenvalue weighted by molar-refractivity contribution is 7.94. The van der Waals surface area contributed by atoms with Crippen LogP contribution < -0.4 is 4.72 Å². The average Bonchev–Trinajstić information content (AvgIpc) is 2.73. The van der Waals surface area contributed by atoms with E-state index in [4.69, 9.17) is 11.6 Å². The average molecular weight is 325 g/mol. The van der Waals surface area contributed by atoms with Gasteiger partial charge in [-0.2, -0.15) is 0 Å². The van der Waals surface area contributed by atoms with E-state index in [2.05, 4.69) is 4.98 Å². The minimum atomic E-state index is -4.03. The van der Waals surface area contributed by atoms with Crippen molar-refractivity contribution in [1.29, 1.82) is 0 Å². The number of rotatable bonds is 3. The Morgan fingerprint density at radius 3 is 2.58 bits per heavy atom. The number of benzene rings is 1. The second-order valence-corrected chi connectivity index (χ2v) is 7.14. The third-order valence-corrected chi connectivity index (χ3v) is 5.16. The molecule has 4 nitrogen and oxygen atoms in total. The van der Waals surface area contributed by atoms with Gasteiger partial charge in [0, 0.05) is 6.07 Å². The fourth-order valence-electron chi connectivity index (χ4n) is 1.28. The van der Waals surface area contributed by atoms with Gasteiger partial charge >= 0.3 is 0 Å². The van der Waals surface area contributed by atoms with Crippen molar-refractivity contribution in [2.24, 2.45) is 0 Å². The molecule has 0 atom stereocenters. The van der Waals surface area contributed by atoms with Gasteiger partial charge in [0.1, 0.15) is 11.6 Å². The number of hydrogen-bond donors (Lipinski definition) is 1. The van der Waals surface area contributed by atoms with Gasteiger partial charge < -0.3 is 0 Å². The molecule has 0 saturated heterocycles. The molecule has 0 radical (unpaired) electrons. The number of nitrogens with zero attached hydrogens (tertiary/aromatic N) is 1. The summed E-state index contributed by atoms with van der Waals surface area (Å²) >= 11 is 6.24. The van der Waals surface area contributed by atoms with Crippen molar-refractivity contribution in [1.82, 2.24) is 4.98 Å². The van der Waals surface area contributed by atoms with E-state index in [0.717, 1.165) is 18.3 Å². The molecular weight excluding hydrogens is 318 g/mol. The van der Waals surface area contributed by atoms with Crippen LogP contribution in [0, 0.1) is 18.6 Å². The van der Waals surface area contributed by atoms with Crippen molar-refractivity contribution >= 4 is 38.6 Å². The molecular formula is C10H7ClF2N2O2S2. The highest BCUT2D eigenvalue weighted by Crippen LogP contribution is 2.26. The Kier molecular flexibility index (Phi) is 3.75. The molecule has 0 aliphatic rings. The fraction of sp³-hybridized carbons (Fsp3) is 0.100. The molecule has 0 bridgehead atoms. The Bertz CT molecular complexity index is 731. The topological polar surface area (TPSA) is 59.1 Å². The summed E-state index contributed by atoms with van der Waals surface area (Å²) < 4.78 is 52.4. The van der Waals surface area contributed by atoms with Crippen molar-refractivity contribution in [3.63, 3.8) is 0 Å². The maximum Gasteiger partial charge on any atom is 0.273 e. The third kappa shape index (κ3) is 3.02. The van der Waals surface area contributed by atoms with Gasteiger partial charge in [-0.05, 0) is 18.6 Å². The van der Waals surface area contributed by atoms with E-state index in [-0.39, 0.29) is 14.2 Å². The highest BCUT2D eigenvalue weighted by atomic mass is 35.5. The normalized spacial score (nSPS) is 11.6. The van der Waals surface area contributed by atoms with Crippen LogP contribution in [0.5, 0.6) is 0 Å². The molecule has 19 heavy (non-hydrogen) atoms. The molecule has 0 aliphatic carbocycles. The number of anilines is 1. The minimum Gasteiger partial charge on any atom is -0.276 e. The Morgan fingerprint density at radius 1 is 1.32 bits per heavy atom. The number of aryl methyl sites for hydroxylation is 1. The molecule has 1 aromatic heterocycles. The van der Waals surface area contributed by atoms with Crippen LogP contribution >= 0.6 is 22.9 Å². The van der Waals surface area contributed by atoms with Gasteiger partial charge in [-0.3, -0.25) is 4.72 Å². The minimum absolute atomic E-state index is 0.0379. The molecule has 1 heterocycles. The van der Waals surface area contributed by atoms with E-state index < -0.39 is 27.3 Å². The van der Waals surface area contributed by atoms with Gasteiger partial charge in [0.15, 0.2) is 8.68 Å². The summed E-state index contributed by atoms with van der Waals surface area (Å²) in [7, 11) is -4.03. The predicted octanol–water partition coefficient (Wildman–Crippen LogP) is 3.18. The van der Waals surface area contributed by atoms with Crippen molar-refractivity contribution < 1.29 is 17.2 Å². The van der Waals surface area contributed by atoms with E-state index in [0.29, 0.717) is 11.3 Å². The van der Waals surface area contributed by atoms with Gasteiger partial charge in [0.05, 0.1) is 11.9 Å². The fourth-order valence-corrected chi connectivity index (χ4v) is 3.63. The van der Waals surface area contributed by atoms with Gasteiger partial charge in [0.2, 0.25) is 0 Å². The lowest BCUT2D eigenvalue weighted by Crippen LogP contribution is -2.13. The first-order valence-electron chi connectivity index (χ1n) is 4.89. The Morgan fingerprint density at radius 2 is 2.00 bits per heavy atom. The van der Waals surface area contributed by atoms with Crippen molar-refractivity contribution in [2.45, 2.75) is 11.1 Å². The lowest BCUT2D eigenvalue weighted by Gasteiger charge is -2.08. The number of hydrogen-bond acceptors (Lipinski definition) is 4. The lowest BCUT2D eigenvalue weighted by molar-refractivity contribution is 0.591. The third-order valence-electron chi connectivity index (χ3n) is 2.21. The number of aromatic nitrogens is 1. The summed E-state index contributed by atoms with van der Waals surface area (Å²) in [5, 5.41) is 0. The summed E-state index contributed by atoms with van der Waals surface area (Å²) in [5.41, 5.74) is -0.381. The van der Waals surface area contributed by atoms with Crippen LogP contribution in [-0.4, -0.2) is 13.4 Å². The first-order chi connectivity index (χ1) is 8.79. The molecule has 2 rings (SSSR count). The molecule has 102 valence electrons. The number of sulfonamides is 1. The van der Waals surface area contributed by atoms with Crippen LogP contribution in [0.3, 0.4) is 0 Å². The molecule has 1 aromatic carbocycles. The SMILES string of the molecule is Cc1cc(F)c(NS(=O)(=O)c2cnc(Cl)s2)cc1F. The lowest BCUT2D eigenvalue weighted by atomic mass is 10.2. The summed E-state index contributed by atoms with van der Waals surface area (Å²) in [6.45, 7) is 1.37. The Labute approximate surface area is 117 Å². The zero-order valence-electron chi connectivity index (χ0n) is 9.45. The van der Waals surface area contributed by atoms with Crippen LogP contribution in [0.15, 0.2) is 22.5 Å². The zero-order chi connectivity index (χ0) is 14.2. The molecule has 0 spiro atoms. The van der Waals surface area contributed by atoms with Crippen LogP contribution in [0.1, 0.15) is 5.56 Å². The maximum absolute atomic E-state index is 13.5. The van der Waals surface area contributed by atoms with Gasteiger partial charge in [0.25, 0.3) is 10.0 Å². The second kappa shape index (κ2) is 5.03. The molecule has 0 fully saturated rings. The van der Waals surface area contributed by atoms with E-state index in [1.165, 1.54) is 6.92 Å². The number of thiazole rings is 1. The smallest absolute Gasteiger partial charge is 0.273 e. The highest BCUT2D eigenvalue weighted by Gasteiger charge is 2.20. The Balaban J connectivity index is 2.38. The summed E-state index contributed by atoms with van der Waals surface area (Å²) in [5.74, 6) is -1.57. The first kappa shape index (κ1) is 14.2. The standard InChI is InChI=1S/C10H7ClF2N2O2S2/c1-5-2-7(13)8(3-6(5)12)15-19(16,17)9-4-14-10(11)18-9/h2-4,15H,1H3. The molecule has 0 unspecified atom stereocenters. The first-order valence-corrected chi connectivity index (χ1v) is 7.57. The van der Waals surface area contributed by atoms with E-state index in [1.54, 1.807) is 0 Å².